The lowest BCUT2D eigenvalue weighted by Gasteiger charge is -2.43. The van der Waals surface area contributed by atoms with Crippen LogP contribution in [-0.2, 0) is 17.9 Å². The summed E-state index contributed by atoms with van der Waals surface area (Å²) in [7, 11) is 0. The van der Waals surface area contributed by atoms with Gasteiger partial charge in [-0.3, -0.25) is 4.79 Å². The summed E-state index contributed by atoms with van der Waals surface area (Å²) in [6.07, 6.45) is 3.75. The third-order valence-corrected chi connectivity index (χ3v) is 5.30. The Morgan fingerprint density at radius 3 is 2.58 bits per heavy atom. The van der Waals surface area contributed by atoms with E-state index in [2.05, 4.69) is 10.2 Å². The van der Waals surface area contributed by atoms with Crippen LogP contribution in [0, 0.1) is 0 Å². The molecule has 138 valence electrons. The molecule has 8 heteroatoms. The van der Waals surface area contributed by atoms with Crippen LogP contribution >= 0.6 is 0 Å². The molecule has 0 bridgehead atoms. The first-order valence-electron chi connectivity index (χ1n) is 8.99. The normalized spacial score (nSPS) is 17.9. The number of aromatic nitrogens is 3. The third kappa shape index (κ3) is 3.07. The van der Waals surface area contributed by atoms with Gasteiger partial charge in [-0.15, -0.1) is 0 Å². The minimum atomic E-state index is -0.479. The van der Waals surface area contributed by atoms with E-state index in [1.165, 1.54) is 0 Å². The summed E-state index contributed by atoms with van der Waals surface area (Å²) in [4.78, 5) is 37.6. The predicted molar refractivity (Wildman–Crippen MR) is 94.0 cm³/mol. The largest absolute Gasteiger partial charge is 0.485 e. The van der Waals surface area contributed by atoms with Gasteiger partial charge < -0.3 is 9.64 Å². The van der Waals surface area contributed by atoms with Gasteiger partial charge in [0.2, 0.25) is 5.91 Å². The molecule has 1 fully saturated rings. The zero-order chi connectivity index (χ0) is 18.1. The summed E-state index contributed by atoms with van der Waals surface area (Å²) in [6.45, 7) is 1.34. The number of carbonyl (C=O) groups is 1. The Balaban J connectivity index is 1.45. The van der Waals surface area contributed by atoms with E-state index in [9.17, 15) is 14.4 Å². The van der Waals surface area contributed by atoms with Crippen molar-refractivity contribution < 1.29 is 9.53 Å². The van der Waals surface area contributed by atoms with Gasteiger partial charge in [-0.05, 0) is 31.7 Å². The fourth-order valence-electron chi connectivity index (χ4n) is 3.70. The highest BCUT2D eigenvalue weighted by Gasteiger charge is 2.43. The standard InChI is InChI=1S/C18H22N4O4/c23-15(7-3-10-22-16(24)19-20-17(22)25)21-11-13-5-1-2-6-14(13)26-18(12-21)8-4-9-18/h1-2,5-6H,3-4,7-12H2,(H,19,24)(H,20,25). The molecular formula is C18H22N4O4. The molecule has 0 radical (unpaired) electrons. The van der Waals surface area contributed by atoms with E-state index in [1.54, 1.807) is 0 Å². The van der Waals surface area contributed by atoms with Crippen LogP contribution in [0.4, 0.5) is 0 Å². The average molecular weight is 358 g/mol. The molecule has 2 N–H and O–H groups in total. The van der Waals surface area contributed by atoms with E-state index in [-0.39, 0.29) is 24.5 Å². The molecular weight excluding hydrogens is 336 g/mol. The highest BCUT2D eigenvalue weighted by atomic mass is 16.5. The smallest absolute Gasteiger partial charge is 0.344 e. The third-order valence-electron chi connectivity index (χ3n) is 5.30. The number of aromatic amines is 2. The molecule has 1 saturated carbocycles. The molecule has 2 aromatic rings. The van der Waals surface area contributed by atoms with E-state index in [4.69, 9.17) is 4.74 Å². The second-order valence-electron chi connectivity index (χ2n) is 7.11. The van der Waals surface area contributed by atoms with E-state index in [0.717, 1.165) is 35.1 Å². The van der Waals surface area contributed by atoms with Gasteiger partial charge in [-0.25, -0.2) is 24.4 Å². The van der Waals surface area contributed by atoms with Gasteiger partial charge in [0.15, 0.2) is 0 Å². The number of carbonyl (C=O) groups excluding carboxylic acids is 1. The predicted octanol–water partition coefficient (Wildman–Crippen LogP) is 0.989. The molecule has 4 rings (SSSR count). The molecule has 8 nitrogen and oxygen atoms in total. The second kappa shape index (κ2) is 6.51. The van der Waals surface area contributed by atoms with Crippen molar-refractivity contribution in [3.8, 4) is 5.75 Å². The van der Waals surface area contributed by atoms with Gasteiger partial charge >= 0.3 is 11.4 Å². The first-order valence-corrected chi connectivity index (χ1v) is 8.99. The summed E-state index contributed by atoms with van der Waals surface area (Å²) in [5.41, 5.74) is -0.208. The van der Waals surface area contributed by atoms with E-state index in [1.807, 2.05) is 29.2 Å². The number of rotatable bonds is 4. The molecule has 0 unspecified atom stereocenters. The Bertz CT molecular complexity index is 894. The Kier molecular flexibility index (Phi) is 4.18. The number of hydrogen-bond acceptors (Lipinski definition) is 4. The van der Waals surface area contributed by atoms with E-state index < -0.39 is 11.4 Å². The zero-order valence-corrected chi connectivity index (χ0v) is 14.5. The van der Waals surface area contributed by atoms with Crippen molar-refractivity contribution in [3.05, 3.63) is 50.8 Å². The fourth-order valence-corrected chi connectivity index (χ4v) is 3.70. The zero-order valence-electron chi connectivity index (χ0n) is 14.5. The van der Waals surface area contributed by atoms with E-state index in [0.29, 0.717) is 19.5 Å². The van der Waals surface area contributed by atoms with Crippen LogP contribution < -0.4 is 16.1 Å². The SMILES string of the molecule is O=C(CCCn1c(=O)[nH][nH]c1=O)N1Cc2ccccc2OC2(CCC2)C1. The van der Waals surface area contributed by atoms with Crippen LogP contribution in [0.1, 0.15) is 37.7 Å². The first kappa shape index (κ1) is 16.7. The molecule has 26 heavy (non-hydrogen) atoms. The van der Waals surface area contributed by atoms with Gasteiger partial charge in [0.25, 0.3) is 0 Å². The molecule has 1 amide bonds. The van der Waals surface area contributed by atoms with Gasteiger partial charge in [-0.1, -0.05) is 18.2 Å². The van der Waals surface area contributed by atoms with Crippen molar-refractivity contribution in [3.63, 3.8) is 0 Å². The van der Waals surface area contributed by atoms with Crippen LogP contribution in [0.25, 0.3) is 0 Å². The second-order valence-corrected chi connectivity index (χ2v) is 7.11. The number of ether oxygens (including phenoxy) is 1. The van der Waals surface area contributed by atoms with Crippen molar-refractivity contribution in [1.82, 2.24) is 19.7 Å². The lowest BCUT2D eigenvalue weighted by Crippen LogP contribution is -2.52. The molecule has 0 atom stereocenters. The lowest BCUT2D eigenvalue weighted by atomic mass is 9.79. The van der Waals surface area contributed by atoms with Gasteiger partial charge in [0, 0.05) is 25.1 Å². The van der Waals surface area contributed by atoms with Gasteiger partial charge in [0.1, 0.15) is 11.4 Å². The minimum Gasteiger partial charge on any atom is -0.485 e. The summed E-state index contributed by atoms with van der Waals surface area (Å²) < 4.78 is 7.34. The molecule has 1 spiro atoms. The monoisotopic (exact) mass is 358 g/mol. The average Bonchev–Trinajstić information content (AvgIpc) is 2.83. The summed E-state index contributed by atoms with van der Waals surface area (Å²) >= 11 is 0. The fraction of sp³-hybridized carbons (Fsp3) is 0.500. The highest BCUT2D eigenvalue weighted by molar-refractivity contribution is 5.76. The maximum Gasteiger partial charge on any atom is 0.344 e. The van der Waals surface area contributed by atoms with E-state index >= 15 is 0 Å². The quantitative estimate of drug-likeness (QED) is 0.851. The van der Waals surface area contributed by atoms with Gasteiger partial charge in [0.05, 0.1) is 6.54 Å². The topological polar surface area (TPSA) is 100 Å². The Hall–Kier alpha value is -2.77. The summed E-state index contributed by atoms with van der Waals surface area (Å²) in [5.74, 6) is 0.893. The van der Waals surface area contributed by atoms with Crippen LogP contribution in [0.3, 0.4) is 0 Å². The first-order chi connectivity index (χ1) is 12.6. The number of para-hydroxylation sites is 1. The molecule has 1 aromatic carbocycles. The van der Waals surface area contributed by atoms with Crippen molar-refractivity contribution in [2.75, 3.05) is 6.54 Å². The Labute approximate surface area is 149 Å². The molecule has 1 aromatic heterocycles. The van der Waals surface area contributed by atoms with Crippen LogP contribution in [0.2, 0.25) is 0 Å². The molecule has 2 aliphatic rings. The van der Waals surface area contributed by atoms with Crippen molar-refractivity contribution in [1.29, 1.82) is 0 Å². The van der Waals surface area contributed by atoms with Crippen LogP contribution in [0.5, 0.6) is 5.75 Å². The number of fused-ring (bicyclic) bond motifs is 1. The van der Waals surface area contributed by atoms with Crippen molar-refractivity contribution >= 4 is 5.91 Å². The van der Waals surface area contributed by atoms with Crippen molar-refractivity contribution in [2.45, 2.75) is 50.8 Å². The van der Waals surface area contributed by atoms with Gasteiger partial charge in [-0.2, -0.15) is 0 Å². The number of nitrogens with one attached hydrogen (secondary N) is 2. The number of benzene rings is 1. The highest BCUT2D eigenvalue weighted by Crippen LogP contribution is 2.41. The van der Waals surface area contributed by atoms with Crippen LogP contribution in [0.15, 0.2) is 33.9 Å². The summed E-state index contributed by atoms with van der Waals surface area (Å²) in [6, 6.07) is 7.86. The number of amides is 1. The summed E-state index contributed by atoms with van der Waals surface area (Å²) in [5, 5.41) is 4.48. The molecule has 2 heterocycles. The van der Waals surface area contributed by atoms with Crippen molar-refractivity contribution in [2.24, 2.45) is 0 Å². The minimum absolute atomic E-state index is 0.0246. The Morgan fingerprint density at radius 1 is 1.15 bits per heavy atom. The Morgan fingerprint density at radius 2 is 1.88 bits per heavy atom. The maximum atomic E-state index is 12.8. The van der Waals surface area contributed by atoms with Crippen LogP contribution in [-0.4, -0.2) is 37.7 Å². The molecule has 1 aliphatic carbocycles. The maximum absolute atomic E-state index is 12.8. The lowest BCUT2D eigenvalue weighted by molar-refractivity contribution is -0.136. The number of hydrogen-bond donors (Lipinski definition) is 2. The molecule has 0 saturated heterocycles. The molecule has 1 aliphatic heterocycles. The number of H-pyrrole nitrogens is 2. The number of nitrogens with zero attached hydrogens (tertiary/aromatic N) is 2.